The van der Waals surface area contributed by atoms with Crippen LogP contribution in [0.25, 0.3) is 0 Å². The molecule has 0 N–H and O–H groups in total. The first-order valence-corrected chi connectivity index (χ1v) is 4.83. The lowest BCUT2D eigenvalue weighted by atomic mass is 9.89. The molecule has 66 valence electrons. The molecule has 0 aliphatic rings. The standard InChI is InChI=1S/C11H22/c1-5-7-9-11(4)10(3)8-6-2/h6,10-11H,2,5,7-9H2,1,3-4H3. The normalized spacial score (nSPS) is 15.9. The molecule has 0 bridgehead atoms. The predicted octanol–water partition coefficient (Wildman–Crippen LogP) is 4.02. The van der Waals surface area contributed by atoms with Gasteiger partial charge >= 0.3 is 0 Å². The van der Waals surface area contributed by atoms with Gasteiger partial charge in [0.25, 0.3) is 0 Å². The quantitative estimate of drug-likeness (QED) is 0.507. The minimum absolute atomic E-state index is 0.819. The Morgan fingerprint density at radius 1 is 1.27 bits per heavy atom. The Kier molecular flexibility index (Phi) is 6.30. The van der Waals surface area contributed by atoms with Gasteiger partial charge in [0.15, 0.2) is 0 Å². The second-order valence-corrected chi connectivity index (χ2v) is 3.62. The summed E-state index contributed by atoms with van der Waals surface area (Å²) in [5.41, 5.74) is 0. The van der Waals surface area contributed by atoms with Gasteiger partial charge in [0.2, 0.25) is 0 Å². The van der Waals surface area contributed by atoms with Crippen LogP contribution < -0.4 is 0 Å². The van der Waals surface area contributed by atoms with Crippen molar-refractivity contribution in [1.29, 1.82) is 0 Å². The van der Waals surface area contributed by atoms with E-state index < -0.39 is 0 Å². The molecule has 2 atom stereocenters. The molecule has 0 aromatic heterocycles. The molecule has 0 aliphatic carbocycles. The zero-order valence-corrected chi connectivity index (χ0v) is 8.27. The SMILES string of the molecule is C=CCC(C)C(C)CCCC. The van der Waals surface area contributed by atoms with Crippen molar-refractivity contribution in [3.63, 3.8) is 0 Å². The summed E-state index contributed by atoms with van der Waals surface area (Å²) < 4.78 is 0. The van der Waals surface area contributed by atoms with Crippen molar-refractivity contribution in [2.75, 3.05) is 0 Å². The maximum Gasteiger partial charge on any atom is -0.0325 e. The summed E-state index contributed by atoms with van der Waals surface area (Å²) in [7, 11) is 0. The van der Waals surface area contributed by atoms with Crippen LogP contribution in [0.5, 0.6) is 0 Å². The summed E-state index contributed by atoms with van der Waals surface area (Å²) in [5, 5.41) is 0. The van der Waals surface area contributed by atoms with Gasteiger partial charge < -0.3 is 0 Å². The highest BCUT2D eigenvalue weighted by molar-refractivity contribution is 4.73. The zero-order chi connectivity index (χ0) is 8.69. The lowest BCUT2D eigenvalue weighted by Gasteiger charge is -2.17. The second-order valence-electron chi connectivity index (χ2n) is 3.62. The van der Waals surface area contributed by atoms with Crippen molar-refractivity contribution in [3.05, 3.63) is 12.7 Å². The van der Waals surface area contributed by atoms with Crippen LogP contribution in [-0.2, 0) is 0 Å². The molecule has 0 rings (SSSR count). The van der Waals surface area contributed by atoms with E-state index in [1.165, 1.54) is 25.7 Å². The molecule has 0 saturated carbocycles. The molecular weight excluding hydrogens is 132 g/mol. The molecule has 0 spiro atoms. The van der Waals surface area contributed by atoms with Crippen LogP contribution in [0.2, 0.25) is 0 Å². The third-order valence-electron chi connectivity index (χ3n) is 2.52. The van der Waals surface area contributed by atoms with E-state index >= 15 is 0 Å². The second kappa shape index (κ2) is 6.45. The lowest BCUT2D eigenvalue weighted by molar-refractivity contribution is 0.358. The summed E-state index contributed by atoms with van der Waals surface area (Å²) in [6.07, 6.45) is 7.29. The Morgan fingerprint density at radius 3 is 2.36 bits per heavy atom. The van der Waals surface area contributed by atoms with E-state index in [1.807, 2.05) is 6.08 Å². The minimum Gasteiger partial charge on any atom is -0.103 e. The smallest absolute Gasteiger partial charge is 0.0325 e. The third-order valence-corrected chi connectivity index (χ3v) is 2.52. The summed E-state index contributed by atoms with van der Waals surface area (Å²) in [6.45, 7) is 10.7. The minimum atomic E-state index is 0.819. The molecule has 0 nitrogen and oxygen atoms in total. The average molecular weight is 154 g/mol. The van der Waals surface area contributed by atoms with Gasteiger partial charge in [-0.1, -0.05) is 46.1 Å². The van der Waals surface area contributed by atoms with E-state index in [9.17, 15) is 0 Å². The Balaban J connectivity index is 3.45. The molecule has 0 radical (unpaired) electrons. The van der Waals surface area contributed by atoms with Gasteiger partial charge in [-0.2, -0.15) is 0 Å². The first-order chi connectivity index (χ1) is 5.22. The molecule has 0 fully saturated rings. The number of rotatable bonds is 6. The number of allylic oxidation sites excluding steroid dienone is 1. The highest BCUT2D eigenvalue weighted by Gasteiger charge is 2.08. The van der Waals surface area contributed by atoms with Crippen LogP contribution in [0, 0.1) is 11.8 Å². The molecular formula is C11H22. The van der Waals surface area contributed by atoms with E-state index in [1.54, 1.807) is 0 Å². The molecule has 0 aromatic rings. The average Bonchev–Trinajstić information content (AvgIpc) is 2.00. The molecule has 0 aliphatic heterocycles. The Hall–Kier alpha value is -0.260. The van der Waals surface area contributed by atoms with Crippen molar-refractivity contribution in [3.8, 4) is 0 Å². The fourth-order valence-corrected chi connectivity index (χ4v) is 1.31. The monoisotopic (exact) mass is 154 g/mol. The van der Waals surface area contributed by atoms with Gasteiger partial charge in [-0.15, -0.1) is 6.58 Å². The Bertz CT molecular complexity index is 94.2. The van der Waals surface area contributed by atoms with Gasteiger partial charge in [0.1, 0.15) is 0 Å². The van der Waals surface area contributed by atoms with Crippen LogP contribution in [0.4, 0.5) is 0 Å². The highest BCUT2D eigenvalue weighted by atomic mass is 14.1. The highest BCUT2D eigenvalue weighted by Crippen LogP contribution is 2.20. The maximum absolute atomic E-state index is 3.76. The summed E-state index contributed by atoms with van der Waals surface area (Å²) in [5.74, 6) is 1.69. The Labute approximate surface area is 71.7 Å². The zero-order valence-electron chi connectivity index (χ0n) is 8.27. The van der Waals surface area contributed by atoms with Crippen LogP contribution in [0.1, 0.15) is 46.5 Å². The fraction of sp³-hybridized carbons (Fsp3) is 0.818. The van der Waals surface area contributed by atoms with Gasteiger partial charge in [-0.25, -0.2) is 0 Å². The Morgan fingerprint density at radius 2 is 1.91 bits per heavy atom. The lowest BCUT2D eigenvalue weighted by Crippen LogP contribution is -2.06. The van der Waals surface area contributed by atoms with Crippen molar-refractivity contribution in [1.82, 2.24) is 0 Å². The maximum atomic E-state index is 3.76. The molecule has 11 heavy (non-hydrogen) atoms. The van der Waals surface area contributed by atoms with E-state index in [4.69, 9.17) is 0 Å². The topological polar surface area (TPSA) is 0 Å². The first-order valence-electron chi connectivity index (χ1n) is 4.83. The van der Waals surface area contributed by atoms with Gasteiger partial charge in [0, 0.05) is 0 Å². The molecule has 0 aromatic carbocycles. The molecule has 0 amide bonds. The summed E-state index contributed by atoms with van der Waals surface area (Å²) in [4.78, 5) is 0. The fourth-order valence-electron chi connectivity index (χ4n) is 1.31. The largest absolute Gasteiger partial charge is 0.103 e. The first kappa shape index (κ1) is 10.7. The van der Waals surface area contributed by atoms with E-state index in [-0.39, 0.29) is 0 Å². The molecule has 2 unspecified atom stereocenters. The predicted molar refractivity (Wildman–Crippen MR) is 52.7 cm³/mol. The van der Waals surface area contributed by atoms with Gasteiger partial charge in [-0.3, -0.25) is 0 Å². The number of unbranched alkanes of at least 4 members (excludes halogenated alkanes) is 1. The van der Waals surface area contributed by atoms with Crippen LogP contribution in [0.15, 0.2) is 12.7 Å². The van der Waals surface area contributed by atoms with Gasteiger partial charge in [-0.05, 0) is 18.3 Å². The van der Waals surface area contributed by atoms with Crippen molar-refractivity contribution in [2.45, 2.75) is 46.5 Å². The molecule has 0 saturated heterocycles. The van der Waals surface area contributed by atoms with Crippen LogP contribution in [0.3, 0.4) is 0 Å². The van der Waals surface area contributed by atoms with E-state index in [0.29, 0.717) is 0 Å². The van der Waals surface area contributed by atoms with Gasteiger partial charge in [0.05, 0.1) is 0 Å². The third kappa shape index (κ3) is 5.06. The number of hydrogen-bond donors (Lipinski definition) is 0. The summed E-state index contributed by atoms with van der Waals surface area (Å²) >= 11 is 0. The van der Waals surface area contributed by atoms with Crippen LogP contribution in [-0.4, -0.2) is 0 Å². The van der Waals surface area contributed by atoms with E-state index in [0.717, 1.165) is 11.8 Å². The number of hydrogen-bond acceptors (Lipinski definition) is 0. The van der Waals surface area contributed by atoms with Crippen molar-refractivity contribution >= 4 is 0 Å². The van der Waals surface area contributed by atoms with Crippen molar-refractivity contribution in [2.24, 2.45) is 11.8 Å². The molecule has 0 heterocycles. The van der Waals surface area contributed by atoms with Crippen LogP contribution >= 0.6 is 0 Å². The molecule has 0 heteroatoms. The summed E-state index contributed by atoms with van der Waals surface area (Å²) in [6, 6.07) is 0. The van der Waals surface area contributed by atoms with E-state index in [2.05, 4.69) is 27.4 Å². The van der Waals surface area contributed by atoms with Crippen molar-refractivity contribution < 1.29 is 0 Å².